The summed E-state index contributed by atoms with van der Waals surface area (Å²) >= 11 is 18.3. The van der Waals surface area contributed by atoms with Crippen molar-refractivity contribution in [2.24, 2.45) is 0 Å². The number of carbonyl (C=O) groups is 2. The molecule has 0 bridgehead atoms. The van der Waals surface area contributed by atoms with Gasteiger partial charge in [0.1, 0.15) is 5.76 Å². The van der Waals surface area contributed by atoms with Gasteiger partial charge in [-0.15, -0.1) is 0 Å². The zero-order valence-electron chi connectivity index (χ0n) is 17.8. The molecule has 1 N–H and O–H groups in total. The number of amides is 1. The predicted octanol–water partition coefficient (Wildman–Crippen LogP) is 4.79. The van der Waals surface area contributed by atoms with Crippen molar-refractivity contribution in [2.75, 3.05) is 39.4 Å². The number of likely N-dealkylation sites (tertiary alicyclic amines) is 1. The molecular weight excluding hydrogens is 487 g/mol. The number of nitrogens with zero attached hydrogens (tertiary/aromatic N) is 2. The summed E-state index contributed by atoms with van der Waals surface area (Å²) in [5.41, 5.74) is 1.02. The Morgan fingerprint density at radius 1 is 0.970 bits per heavy atom. The van der Waals surface area contributed by atoms with Crippen LogP contribution < -0.4 is 0 Å². The fraction of sp³-hybridized carbons (Fsp3) is 0.333. The maximum Gasteiger partial charge on any atom is 0.295 e. The van der Waals surface area contributed by atoms with Crippen LogP contribution in [0.15, 0.2) is 48.0 Å². The van der Waals surface area contributed by atoms with E-state index in [-0.39, 0.29) is 11.3 Å². The number of ether oxygens (including phenoxy) is 1. The minimum absolute atomic E-state index is 0.0204. The zero-order chi connectivity index (χ0) is 23.5. The van der Waals surface area contributed by atoms with Crippen LogP contribution in [-0.4, -0.2) is 66.0 Å². The van der Waals surface area contributed by atoms with Gasteiger partial charge in [0.2, 0.25) is 0 Å². The van der Waals surface area contributed by atoms with E-state index in [1.807, 2.05) is 0 Å². The van der Waals surface area contributed by atoms with Crippen LogP contribution >= 0.6 is 34.8 Å². The van der Waals surface area contributed by atoms with Gasteiger partial charge in [-0.3, -0.25) is 14.5 Å². The van der Waals surface area contributed by atoms with E-state index in [1.165, 1.54) is 4.90 Å². The average Bonchev–Trinajstić information content (AvgIpc) is 3.06. The van der Waals surface area contributed by atoms with Crippen molar-refractivity contribution in [2.45, 2.75) is 12.5 Å². The summed E-state index contributed by atoms with van der Waals surface area (Å²) in [6.07, 6.45) is 0.672. The second-order valence-electron chi connectivity index (χ2n) is 7.98. The average molecular weight is 510 g/mol. The lowest BCUT2D eigenvalue weighted by molar-refractivity contribution is -0.140. The zero-order valence-corrected chi connectivity index (χ0v) is 20.0. The third-order valence-electron chi connectivity index (χ3n) is 5.89. The maximum absolute atomic E-state index is 13.1. The van der Waals surface area contributed by atoms with E-state index in [0.29, 0.717) is 52.4 Å². The van der Waals surface area contributed by atoms with Gasteiger partial charge in [-0.2, -0.15) is 0 Å². The van der Waals surface area contributed by atoms with E-state index >= 15 is 0 Å². The number of morpholine rings is 1. The van der Waals surface area contributed by atoms with Crippen molar-refractivity contribution in [3.63, 3.8) is 0 Å². The minimum atomic E-state index is -0.778. The largest absolute Gasteiger partial charge is 0.507 e. The summed E-state index contributed by atoms with van der Waals surface area (Å²) in [6, 6.07) is 10.6. The first-order valence-corrected chi connectivity index (χ1v) is 11.8. The van der Waals surface area contributed by atoms with Crippen LogP contribution in [0.1, 0.15) is 23.6 Å². The maximum atomic E-state index is 13.1. The second-order valence-corrected chi connectivity index (χ2v) is 9.23. The molecule has 2 aliphatic rings. The molecule has 1 amide bonds. The van der Waals surface area contributed by atoms with Gasteiger partial charge < -0.3 is 14.7 Å². The summed E-state index contributed by atoms with van der Waals surface area (Å²) in [5.74, 6) is -1.63. The third kappa shape index (κ3) is 5.20. The van der Waals surface area contributed by atoms with Crippen molar-refractivity contribution in [3.05, 3.63) is 74.2 Å². The minimum Gasteiger partial charge on any atom is -0.507 e. The molecular formula is C24H23Cl3N2O4. The highest BCUT2D eigenvalue weighted by Crippen LogP contribution is 2.41. The van der Waals surface area contributed by atoms with Crippen LogP contribution in [0.5, 0.6) is 0 Å². The molecule has 2 aromatic carbocycles. The fourth-order valence-corrected chi connectivity index (χ4v) is 4.62. The molecule has 1 atom stereocenters. The van der Waals surface area contributed by atoms with Crippen LogP contribution in [0.3, 0.4) is 0 Å². The number of hydrogen-bond donors (Lipinski definition) is 1. The number of rotatable bonds is 6. The molecule has 33 heavy (non-hydrogen) atoms. The van der Waals surface area contributed by atoms with Crippen molar-refractivity contribution >= 4 is 52.3 Å². The number of aliphatic hydroxyl groups excluding tert-OH is 1. The van der Waals surface area contributed by atoms with E-state index in [0.717, 1.165) is 19.6 Å². The van der Waals surface area contributed by atoms with E-state index in [9.17, 15) is 14.7 Å². The van der Waals surface area contributed by atoms with E-state index in [1.54, 1.807) is 42.5 Å². The molecule has 0 aliphatic carbocycles. The number of Topliss-reactive ketones (excluding diaryl/α,β-unsaturated/α-hetero) is 1. The Kier molecular flexibility index (Phi) is 7.62. The molecule has 2 fully saturated rings. The van der Waals surface area contributed by atoms with Gasteiger partial charge in [0.25, 0.3) is 11.7 Å². The Morgan fingerprint density at radius 2 is 1.67 bits per heavy atom. The number of benzene rings is 2. The molecule has 9 heteroatoms. The number of halogens is 3. The summed E-state index contributed by atoms with van der Waals surface area (Å²) in [6.45, 7) is 4.18. The lowest BCUT2D eigenvalue weighted by Crippen LogP contribution is -2.38. The lowest BCUT2D eigenvalue weighted by Gasteiger charge is -2.29. The first-order valence-electron chi connectivity index (χ1n) is 10.7. The Morgan fingerprint density at radius 3 is 2.33 bits per heavy atom. The van der Waals surface area contributed by atoms with Gasteiger partial charge in [-0.25, -0.2) is 0 Å². The molecule has 0 spiro atoms. The first kappa shape index (κ1) is 24.0. The van der Waals surface area contributed by atoms with Crippen molar-refractivity contribution < 1.29 is 19.4 Å². The Hall–Kier alpha value is -2.09. The van der Waals surface area contributed by atoms with Crippen LogP contribution in [0.2, 0.25) is 15.1 Å². The number of aliphatic hydroxyl groups is 1. The molecule has 174 valence electrons. The molecule has 0 radical (unpaired) electrons. The fourth-order valence-electron chi connectivity index (χ4n) is 4.19. The van der Waals surface area contributed by atoms with Gasteiger partial charge in [-0.1, -0.05) is 40.9 Å². The molecule has 6 nitrogen and oxygen atoms in total. The van der Waals surface area contributed by atoms with E-state index in [2.05, 4.69) is 4.90 Å². The van der Waals surface area contributed by atoms with Gasteiger partial charge in [0.15, 0.2) is 0 Å². The molecule has 2 aliphatic heterocycles. The first-order chi connectivity index (χ1) is 15.9. The molecule has 4 rings (SSSR count). The third-order valence-corrected chi connectivity index (χ3v) is 6.89. The lowest BCUT2D eigenvalue weighted by atomic mass is 9.95. The number of ketones is 1. The van der Waals surface area contributed by atoms with Gasteiger partial charge in [-0.05, 0) is 48.4 Å². The van der Waals surface area contributed by atoms with Crippen LogP contribution in [0.4, 0.5) is 0 Å². The van der Waals surface area contributed by atoms with Crippen LogP contribution in [0, 0.1) is 0 Å². The van der Waals surface area contributed by atoms with Crippen LogP contribution in [-0.2, 0) is 14.3 Å². The monoisotopic (exact) mass is 508 g/mol. The van der Waals surface area contributed by atoms with Crippen molar-refractivity contribution in [3.8, 4) is 0 Å². The topological polar surface area (TPSA) is 70.1 Å². The van der Waals surface area contributed by atoms with E-state index in [4.69, 9.17) is 39.5 Å². The summed E-state index contributed by atoms with van der Waals surface area (Å²) in [5, 5.41) is 12.2. The number of hydrogen-bond acceptors (Lipinski definition) is 5. The van der Waals surface area contributed by atoms with E-state index < -0.39 is 17.7 Å². The summed E-state index contributed by atoms with van der Waals surface area (Å²) in [4.78, 5) is 29.9. The van der Waals surface area contributed by atoms with Crippen molar-refractivity contribution in [1.82, 2.24) is 9.80 Å². The predicted molar refractivity (Wildman–Crippen MR) is 129 cm³/mol. The second kappa shape index (κ2) is 10.5. The standard InChI is InChI=1S/C24H23Cl3N2O4/c25-17-5-2-15(3-6-17)22(30)20-21(16-4-7-18(26)19(27)14-16)29(24(32)23(20)31)9-1-8-28-10-12-33-13-11-28/h2-7,14,21,30H,1,8-13H2/b22-20+/t21-/m1/s1. The summed E-state index contributed by atoms with van der Waals surface area (Å²) in [7, 11) is 0. The van der Waals surface area contributed by atoms with Crippen LogP contribution in [0.25, 0.3) is 5.76 Å². The molecule has 2 heterocycles. The highest BCUT2D eigenvalue weighted by Gasteiger charge is 2.46. The normalized spacial score (nSPS) is 21.1. The van der Waals surface area contributed by atoms with Gasteiger partial charge in [0, 0.05) is 36.8 Å². The van der Waals surface area contributed by atoms with Gasteiger partial charge in [0.05, 0.1) is 34.9 Å². The smallest absolute Gasteiger partial charge is 0.295 e. The Balaban J connectivity index is 1.69. The molecule has 2 aromatic rings. The van der Waals surface area contributed by atoms with Crippen molar-refractivity contribution in [1.29, 1.82) is 0 Å². The number of carbonyl (C=O) groups excluding carboxylic acids is 2. The summed E-state index contributed by atoms with van der Waals surface area (Å²) < 4.78 is 5.38. The Labute approximate surface area is 207 Å². The highest BCUT2D eigenvalue weighted by molar-refractivity contribution is 6.47. The quantitative estimate of drug-likeness (QED) is 0.344. The molecule has 0 unspecified atom stereocenters. The molecule has 0 aromatic heterocycles. The molecule has 0 saturated carbocycles. The SMILES string of the molecule is O=C1C(=O)N(CCCN2CCOCC2)[C@H](c2ccc(Cl)c(Cl)c2)/C1=C(\O)c1ccc(Cl)cc1. The highest BCUT2D eigenvalue weighted by atomic mass is 35.5. The van der Waals surface area contributed by atoms with Gasteiger partial charge >= 0.3 is 0 Å². The molecule has 2 saturated heterocycles. The Bertz CT molecular complexity index is 1080.